The van der Waals surface area contributed by atoms with Crippen LogP contribution in [0.1, 0.15) is 51.9 Å². The monoisotopic (exact) mass is 318 g/mol. The molecule has 0 radical (unpaired) electrons. The van der Waals surface area contributed by atoms with Crippen molar-refractivity contribution in [1.82, 2.24) is 0 Å². The molecule has 0 bridgehead atoms. The second kappa shape index (κ2) is 16.5. The average molecular weight is 318 g/mol. The number of aliphatic hydroxyl groups excluding tert-OH is 1. The van der Waals surface area contributed by atoms with Gasteiger partial charge in [-0.1, -0.05) is 67.7 Å². The van der Waals surface area contributed by atoms with E-state index in [1.165, 1.54) is 0 Å². The summed E-state index contributed by atoms with van der Waals surface area (Å²) >= 11 is 0. The lowest BCUT2D eigenvalue weighted by molar-refractivity contribution is -0.137. The molecule has 3 nitrogen and oxygen atoms in total. The van der Waals surface area contributed by atoms with E-state index in [-0.39, 0.29) is 6.42 Å². The van der Waals surface area contributed by atoms with Gasteiger partial charge in [-0.05, 0) is 38.5 Å². The molecule has 0 rings (SSSR count). The fraction of sp³-hybridized carbons (Fsp3) is 0.450. The smallest absolute Gasteiger partial charge is 0.303 e. The number of unbranched alkanes of at least 4 members (excludes halogenated alkanes) is 1. The van der Waals surface area contributed by atoms with Crippen LogP contribution in [0.2, 0.25) is 0 Å². The van der Waals surface area contributed by atoms with Gasteiger partial charge in [-0.25, -0.2) is 0 Å². The number of hydrogen-bond acceptors (Lipinski definition) is 2. The van der Waals surface area contributed by atoms with Crippen LogP contribution in [-0.4, -0.2) is 22.3 Å². The number of carbonyl (C=O) groups is 1. The largest absolute Gasteiger partial charge is 0.481 e. The van der Waals surface area contributed by atoms with Crippen molar-refractivity contribution in [3.05, 3.63) is 60.8 Å². The molecule has 0 aromatic heterocycles. The molecule has 1 atom stereocenters. The quantitative estimate of drug-likeness (QED) is 0.286. The van der Waals surface area contributed by atoms with Gasteiger partial charge in [-0.3, -0.25) is 4.79 Å². The van der Waals surface area contributed by atoms with Crippen LogP contribution in [0.15, 0.2) is 60.8 Å². The summed E-state index contributed by atoms with van der Waals surface area (Å²) in [6.07, 6.45) is 24.6. The summed E-state index contributed by atoms with van der Waals surface area (Å²) in [4.78, 5) is 10.3. The maximum atomic E-state index is 10.3. The van der Waals surface area contributed by atoms with E-state index in [9.17, 15) is 9.90 Å². The summed E-state index contributed by atoms with van der Waals surface area (Å²) in [5.74, 6) is -0.741. The molecule has 128 valence electrons. The SMILES string of the molecule is CC/C=C\C/C=C\CC(O)/C=C/C=C\C/C=C\CCCC(=O)O. The summed E-state index contributed by atoms with van der Waals surface area (Å²) in [6.45, 7) is 2.11. The van der Waals surface area contributed by atoms with Gasteiger partial charge in [0.2, 0.25) is 0 Å². The van der Waals surface area contributed by atoms with Crippen molar-refractivity contribution in [1.29, 1.82) is 0 Å². The number of hydrogen-bond donors (Lipinski definition) is 2. The Bertz CT molecular complexity index is 428. The third-order valence-corrected chi connectivity index (χ3v) is 3.00. The minimum atomic E-state index is -0.741. The predicted molar refractivity (Wildman–Crippen MR) is 97.3 cm³/mol. The standard InChI is InChI=1S/C20H30O3/c1-2-3-4-5-10-13-16-19(21)17-14-11-8-6-7-9-12-15-18-20(22)23/h3-4,7-11,13-14,17,19,21H,2,5-6,12,15-16,18H2,1H3,(H,22,23)/b4-3-,9-7-,11-8-,13-10-,17-14+. The zero-order valence-electron chi connectivity index (χ0n) is 14.1. The molecule has 0 aliphatic heterocycles. The zero-order chi connectivity index (χ0) is 17.2. The van der Waals surface area contributed by atoms with Gasteiger partial charge in [0.05, 0.1) is 6.10 Å². The van der Waals surface area contributed by atoms with Crippen LogP contribution < -0.4 is 0 Å². The van der Waals surface area contributed by atoms with Crippen molar-refractivity contribution < 1.29 is 15.0 Å². The Hall–Kier alpha value is -1.87. The molecule has 0 aromatic carbocycles. The highest BCUT2D eigenvalue weighted by Crippen LogP contribution is 2.00. The van der Waals surface area contributed by atoms with E-state index in [4.69, 9.17) is 5.11 Å². The van der Waals surface area contributed by atoms with E-state index in [0.717, 1.165) is 25.7 Å². The topological polar surface area (TPSA) is 57.5 Å². The molecule has 2 N–H and O–H groups in total. The highest BCUT2D eigenvalue weighted by atomic mass is 16.4. The van der Waals surface area contributed by atoms with E-state index in [1.54, 1.807) is 6.08 Å². The minimum absolute atomic E-state index is 0.226. The van der Waals surface area contributed by atoms with E-state index < -0.39 is 12.1 Å². The van der Waals surface area contributed by atoms with Crippen molar-refractivity contribution in [3.63, 3.8) is 0 Å². The average Bonchev–Trinajstić information content (AvgIpc) is 2.52. The first-order chi connectivity index (χ1) is 11.2. The lowest BCUT2D eigenvalue weighted by Crippen LogP contribution is -1.98. The molecule has 0 spiro atoms. The van der Waals surface area contributed by atoms with Crippen LogP contribution in [0.25, 0.3) is 0 Å². The van der Waals surface area contributed by atoms with Crippen molar-refractivity contribution in [2.45, 2.75) is 58.0 Å². The Labute approximate surface area is 140 Å². The molecule has 23 heavy (non-hydrogen) atoms. The number of aliphatic carboxylic acids is 1. The molecule has 0 aliphatic carbocycles. The number of allylic oxidation sites excluding steroid dienone is 8. The minimum Gasteiger partial charge on any atom is -0.481 e. The first kappa shape index (κ1) is 21.1. The highest BCUT2D eigenvalue weighted by Gasteiger charge is 1.93. The van der Waals surface area contributed by atoms with Crippen LogP contribution in [-0.2, 0) is 4.79 Å². The molecule has 3 heteroatoms. The summed E-state index contributed by atoms with van der Waals surface area (Å²) in [6, 6.07) is 0. The maximum absolute atomic E-state index is 10.3. The number of carboxylic acid groups (broad SMARTS) is 1. The first-order valence-corrected chi connectivity index (χ1v) is 8.35. The Morgan fingerprint density at radius 2 is 1.65 bits per heavy atom. The third kappa shape index (κ3) is 18.1. The van der Waals surface area contributed by atoms with Gasteiger partial charge >= 0.3 is 5.97 Å². The van der Waals surface area contributed by atoms with Crippen LogP contribution in [0.3, 0.4) is 0 Å². The molecule has 0 amide bonds. The zero-order valence-corrected chi connectivity index (χ0v) is 14.1. The van der Waals surface area contributed by atoms with Crippen molar-refractivity contribution >= 4 is 5.97 Å². The summed E-state index contributed by atoms with van der Waals surface area (Å²) < 4.78 is 0. The number of rotatable bonds is 13. The molecule has 0 aromatic rings. The van der Waals surface area contributed by atoms with Crippen molar-refractivity contribution in [2.75, 3.05) is 0 Å². The fourth-order valence-electron chi connectivity index (χ4n) is 1.77. The van der Waals surface area contributed by atoms with Gasteiger partial charge in [0.1, 0.15) is 0 Å². The lowest BCUT2D eigenvalue weighted by Gasteiger charge is -1.98. The maximum Gasteiger partial charge on any atom is 0.303 e. The number of carboxylic acids is 1. The van der Waals surface area contributed by atoms with Crippen LogP contribution in [0.5, 0.6) is 0 Å². The van der Waals surface area contributed by atoms with E-state index in [0.29, 0.717) is 12.8 Å². The van der Waals surface area contributed by atoms with Gasteiger partial charge in [-0.15, -0.1) is 0 Å². The molecule has 0 saturated carbocycles. The van der Waals surface area contributed by atoms with E-state index in [2.05, 4.69) is 25.2 Å². The van der Waals surface area contributed by atoms with E-state index in [1.807, 2.05) is 36.5 Å². The summed E-state index contributed by atoms with van der Waals surface area (Å²) in [5, 5.41) is 18.2. The Morgan fingerprint density at radius 1 is 0.957 bits per heavy atom. The molecule has 0 aliphatic rings. The molecular weight excluding hydrogens is 288 g/mol. The highest BCUT2D eigenvalue weighted by molar-refractivity contribution is 5.66. The van der Waals surface area contributed by atoms with E-state index >= 15 is 0 Å². The third-order valence-electron chi connectivity index (χ3n) is 3.00. The van der Waals surface area contributed by atoms with Gasteiger partial charge in [-0.2, -0.15) is 0 Å². The van der Waals surface area contributed by atoms with Crippen LogP contribution in [0.4, 0.5) is 0 Å². The molecule has 1 unspecified atom stereocenters. The Morgan fingerprint density at radius 3 is 2.39 bits per heavy atom. The molecule has 0 saturated heterocycles. The molecular formula is C20H30O3. The van der Waals surface area contributed by atoms with Crippen molar-refractivity contribution in [3.8, 4) is 0 Å². The van der Waals surface area contributed by atoms with Crippen molar-refractivity contribution in [2.24, 2.45) is 0 Å². The normalized spacial score (nSPS) is 14.2. The summed E-state index contributed by atoms with van der Waals surface area (Å²) in [7, 11) is 0. The van der Waals surface area contributed by atoms with Gasteiger partial charge in [0.25, 0.3) is 0 Å². The molecule has 0 heterocycles. The summed E-state index contributed by atoms with van der Waals surface area (Å²) in [5.41, 5.74) is 0. The second-order valence-electron chi connectivity index (χ2n) is 5.20. The van der Waals surface area contributed by atoms with Gasteiger partial charge in [0, 0.05) is 6.42 Å². The van der Waals surface area contributed by atoms with Gasteiger partial charge < -0.3 is 10.2 Å². The fourth-order valence-corrected chi connectivity index (χ4v) is 1.77. The Balaban J connectivity index is 3.68. The second-order valence-corrected chi connectivity index (χ2v) is 5.20. The van der Waals surface area contributed by atoms with Gasteiger partial charge in [0.15, 0.2) is 0 Å². The van der Waals surface area contributed by atoms with Crippen LogP contribution >= 0.6 is 0 Å². The van der Waals surface area contributed by atoms with Crippen LogP contribution in [0, 0.1) is 0 Å². The first-order valence-electron chi connectivity index (χ1n) is 8.35. The molecule has 0 fully saturated rings. The predicted octanol–water partition coefficient (Wildman–Crippen LogP) is 4.96. The lowest BCUT2D eigenvalue weighted by atomic mass is 10.2. The number of aliphatic hydroxyl groups is 1. The Kier molecular flexibility index (Phi) is 15.2.